The smallest absolute Gasteiger partial charge is 0.235 e. The van der Waals surface area contributed by atoms with Crippen LogP contribution in [0.15, 0.2) is 42.6 Å². The van der Waals surface area contributed by atoms with Crippen molar-refractivity contribution in [3.8, 4) is 5.75 Å². The van der Waals surface area contributed by atoms with E-state index >= 15 is 0 Å². The van der Waals surface area contributed by atoms with Crippen LogP contribution in [0.3, 0.4) is 0 Å². The van der Waals surface area contributed by atoms with Gasteiger partial charge in [0.05, 0.1) is 17.1 Å². The standard InChI is InChI=1S/C22H24N4O2/c1-15-2-4-20-18(12-15)22(21(27)24-20)6-8-26(9-7-22)10-11-28-17-3-5-19-16(13-17)14-23-25-19/h2-5,12-14H,6-11H2,1H3,(H,23,25)(H,24,27). The Balaban J connectivity index is 1.20. The lowest BCUT2D eigenvalue weighted by atomic mass is 9.73. The molecule has 0 unspecified atom stereocenters. The van der Waals surface area contributed by atoms with E-state index in [0.29, 0.717) is 6.61 Å². The number of aryl methyl sites for hydroxylation is 1. The number of aromatic amines is 1. The molecule has 2 aliphatic rings. The first-order valence-corrected chi connectivity index (χ1v) is 9.85. The van der Waals surface area contributed by atoms with Gasteiger partial charge in [0.15, 0.2) is 0 Å². The van der Waals surface area contributed by atoms with Crippen molar-refractivity contribution in [2.75, 3.05) is 31.6 Å². The molecule has 0 aliphatic carbocycles. The Morgan fingerprint density at radius 2 is 2.04 bits per heavy atom. The van der Waals surface area contributed by atoms with Gasteiger partial charge in [0, 0.05) is 17.6 Å². The van der Waals surface area contributed by atoms with Crippen LogP contribution in [-0.4, -0.2) is 47.2 Å². The SMILES string of the molecule is Cc1ccc2c(c1)C1(CCN(CCOc3ccc4[nH]ncc4c3)CC1)C(=O)N2. The second kappa shape index (κ2) is 6.63. The summed E-state index contributed by atoms with van der Waals surface area (Å²) in [7, 11) is 0. The molecule has 1 spiro atoms. The summed E-state index contributed by atoms with van der Waals surface area (Å²) in [5.41, 5.74) is 4.04. The van der Waals surface area contributed by atoms with Crippen LogP contribution in [-0.2, 0) is 10.2 Å². The molecule has 28 heavy (non-hydrogen) atoms. The number of likely N-dealkylation sites (tertiary alicyclic amines) is 1. The number of nitrogens with zero attached hydrogens (tertiary/aromatic N) is 2. The Kier molecular flexibility index (Phi) is 4.09. The van der Waals surface area contributed by atoms with Gasteiger partial charge in [0.25, 0.3) is 0 Å². The third kappa shape index (κ3) is 2.85. The highest BCUT2D eigenvalue weighted by atomic mass is 16.5. The molecule has 6 heteroatoms. The fraction of sp³-hybridized carbons (Fsp3) is 0.364. The largest absolute Gasteiger partial charge is 0.492 e. The van der Waals surface area contributed by atoms with E-state index in [0.717, 1.165) is 54.8 Å². The van der Waals surface area contributed by atoms with Gasteiger partial charge < -0.3 is 10.1 Å². The molecule has 0 atom stereocenters. The fourth-order valence-electron chi connectivity index (χ4n) is 4.49. The first-order valence-electron chi connectivity index (χ1n) is 9.85. The van der Waals surface area contributed by atoms with Crippen LogP contribution in [0, 0.1) is 6.92 Å². The minimum atomic E-state index is -0.356. The summed E-state index contributed by atoms with van der Waals surface area (Å²) in [6.45, 7) is 5.40. The number of hydrogen-bond acceptors (Lipinski definition) is 4. The number of amides is 1. The number of aromatic nitrogens is 2. The number of nitrogens with one attached hydrogen (secondary N) is 2. The Morgan fingerprint density at radius 3 is 2.89 bits per heavy atom. The van der Waals surface area contributed by atoms with Crippen LogP contribution in [0.4, 0.5) is 5.69 Å². The maximum absolute atomic E-state index is 12.7. The van der Waals surface area contributed by atoms with Crippen molar-refractivity contribution >= 4 is 22.5 Å². The van der Waals surface area contributed by atoms with Gasteiger partial charge in [-0.05, 0) is 62.7 Å². The molecule has 144 valence electrons. The van der Waals surface area contributed by atoms with Gasteiger partial charge in [-0.15, -0.1) is 0 Å². The molecule has 0 bridgehead atoms. The van der Waals surface area contributed by atoms with Gasteiger partial charge in [0.2, 0.25) is 5.91 Å². The molecule has 6 nitrogen and oxygen atoms in total. The number of hydrogen-bond donors (Lipinski definition) is 2. The molecule has 0 saturated carbocycles. The average Bonchev–Trinajstić information content (AvgIpc) is 3.27. The summed E-state index contributed by atoms with van der Waals surface area (Å²) >= 11 is 0. The van der Waals surface area contributed by atoms with E-state index in [4.69, 9.17) is 4.74 Å². The number of rotatable bonds is 4. The molecule has 5 rings (SSSR count). The van der Waals surface area contributed by atoms with Crippen molar-refractivity contribution in [1.82, 2.24) is 15.1 Å². The van der Waals surface area contributed by atoms with Crippen LogP contribution >= 0.6 is 0 Å². The van der Waals surface area contributed by atoms with Gasteiger partial charge in [-0.25, -0.2) is 0 Å². The molecule has 1 aromatic heterocycles. The molecule has 1 amide bonds. The molecule has 2 N–H and O–H groups in total. The van der Waals surface area contributed by atoms with Crippen LogP contribution in [0.1, 0.15) is 24.0 Å². The van der Waals surface area contributed by atoms with Crippen molar-refractivity contribution < 1.29 is 9.53 Å². The number of anilines is 1. The van der Waals surface area contributed by atoms with Crippen LogP contribution in [0.25, 0.3) is 10.9 Å². The lowest BCUT2D eigenvalue weighted by molar-refractivity contribution is -0.122. The van der Waals surface area contributed by atoms with Crippen LogP contribution < -0.4 is 10.1 Å². The van der Waals surface area contributed by atoms with Crippen molar-refractivity contribution in [3.63, 3.8) is 0 Å². The number of ether oxygens (including phenoxy) is 1. The van der Waals surface area contributed by atoms with Gasteiger partial charge in [0.1, 0.15) is 12.4 Å². The Morgan fingerprint density at radius 1 is 1.18 bits per heavy atom. The van der Waals surface area contributed by atoms with Crippen molar-refractivity contribution in [3.05, 3.63) is 53.7 Å². The van der Waals surface area contributed by atoms with Gasteiger partial charge in [-0.1, -0.05) is 17.7 Å². The topological polar surface area (TPSA) is 70.2 Å². The summed E-state index contributed by atoms with van der Waals surface area (Å²) in [5, 5.41) is 11.1. The van der Waals surface area contributed by atoms with Crippen LogP contribution in [0.5, 0.6) is 5.75 Å². The highest BCUT2D eigenvalue weighted by Gasteiger charge is 2.48. The summed E-state index contributed by atoms with van der Waals surface area (Å²) in [5.74, 6) is 1.03. The molecule has 2 aromatic carbocycles. The van der Waals surface area contributed by atoms with Gasteiger partial charge >= 0.3 is 0 Å². The lowest BCUT2D eigenvalue weighted by Crippen LogP contribution is -2.47. The predicted octanol–water partition coefficient (Wildman–Crippen LogP) is 3.24. The molecule has 2 aliphatic heterocycles. The zero-order chi connectivity index (χ0) is 19.1. The van der Waals surface area contributed by atoms with E-state index in [1.54, 1.807) is 6.20 Å². The minimum absolute atomic E-state index is 0.164. The summed E-state index contributed by atoms with van der Waals surface area (Å²) in [6.07, 6.45) is 3.52. The van der Waals surface area contributed by atoms with Crippen molar-refractivity contribution in [1.29, 1.82) is 0 Å². The zero-order valence-corrected chi connectivity index (χ0v) is 16.0. The Labute approximate surface area is 163 Å². The molecule has 1 saturated heterocycles. The van der Waals surface area contributed by atoms with Crippen LogP contribution in [0.2, 0.25) is 0 Å². The third-order valence-electron chi connectivity index (χ3n) is 6.17. The van der Waals surface area contributed by atoms with E-state index in [-0.39, 0.29) is 11.3 Å². The molecule has 3 heterocycles. The monoisotopic (exact) mass is 376 g/mol. The van der Waals surface area contributed by atoms with E-state index in [1.807, 2.05) is 24.3 Å². The Bertz CT molecular complexity index is 1030. The quantitative estimate of drug-likeness (QED) is 0.733. The van der Waals surface area contributed by atoms with E-state index < -0.39 is 0 Å². The van der Waals surface area contributed by atoms with Crippen molar-refractivity contribution in [2.24, 2.45) is 0 Å². The second-order valence-corrected chi connectivity index (χ2v) is 7.89. The van der Waals surface area contributed by atoms with E-state index in [1.165, 1.54) is 11.1 Å². The molecule has 0 radical (unpaired) electrons. The second-order valence-electron chi connectivity index (χ2n) is 7.89. The average molecular weight is 376 g/mol. The maximum Gasteiger partial charge on any atom is 0.235 e. The van der Waals surface area contributed by atoms with Gasteiger partial charge in [-0.3, -0.25) is 14.8 Å². The highest BCUT2D eigenvalue weighted by Crippen LogP contribution is 2.45. The number of fused-ring (bicyclic) bond motifs is 3. The molecular formula is C22H24N4O2. The number of H-pyrrole nitrogens is 1. The van der Waals surface area contributed by atoms with Gasteiger partial charge in [-0.2, -0.15) is 5.10 Å². The summed E-state index contributed by atoms with van der Waals surface area (Å²) in [6, 6.07) is 12.2. The Hall–Kier alpha value is -2.86. The van der Waals surface area contributed by atoms with E-state index in [9.17, 15) is 4.79 Å². The predicted molar refractivity (Wildman–Crippen MR) is 109 cm³/mol. The normalized spacial score (nSPS) is 18.4. The molecular weight excluding hydrogens is 352 g/mol. The minimum Gasteiger partial charge on any atom is -0.492 e. The number of piperidine rings is 1. The first kappa shape index (κ1) is 17.3. The maximum atomic E-state index is 12.7. The van der Waals surface area contributed by atoms with Crippen molar-refractivity contribution in [2.45, 2.75) is 25.2 Å². The number of carbonyl (C=O) groups excluding carboxylic acids is 1. The highest BCUT2D eigenvalue weighted by molar-refractivity contribution is 6.06. The van der Waals surface area contributed by atoms with E-state index in [2.05, 4.69) is 39.5 Å². The third-order valence-corrected chi connectivity index (χ3v) is 6.17. The fourth-order valence-corrected chi connectivity index (χ4v) is 4.49. The lowest BCUT2D eigenvalue weighted by Gasteiger charge is -2.38. The molecule has 3 aromatic rings. The summed E-state index contributed by atoms with van der Waals surface area (Å²) in [4.78, 5) is 15.1. The zero-order valence-electron chi connectivity index (χ0n) is 16.0. The number of benzene rings is 2. The number of carbonyl (C=O) groups is 1. The summed E-state index contributed by atoms with van der Waals surface area (Å²) < 4.78 is 5.93. The first-order chi connectivity index (χ1) is 13.6. The molecule has 1 fully saturated rings.